The summed E-state index contributed by atoms with van der Waals surface area (Å²) in [5, 5.41) is 2.81. The number of thiocarbonyl (C=S) groups is 1. The lowest BCUT2D eigenvalue weighted by Crippen LogP contribution is -2.34. The Balaban J connectivity index is 1.92. The van der Waals surface area contributed by atoms with Crippen molar-refractivity contribution in [3.63, 3.8) is 0 Å². The molecule has 1 aliphatic heterocycles. The van der Waals surface area contributed by atoms with Gasteiger partial charge in [0.05, 0.1) is 5.25 Å². The Morgan fingerprint density at radius 3 is 2.77 bits per heavy atom. The fourth-order valence-corrected chi connectivity index (χ4v) is 3.75. The van der Waals surface area contributed by atoms with E-state index in [1.165, 1.54) is 11.8 Å². The van der Waals surface area contributed by atoms with Crippen molar-refractivity contribution in [2.45, 2.75) is 38.9 Å². The summed E-state index contributed by atoms with van der Waals surface area (Å²) in [5.74, 6) is -0.0775. The fraction of sp³-hybridized carbons (Fsp3) is 0.438. The zero-order valence-electron chi connectivity index (χ0n) is 13.0. The first-order valence-corrected chi connectivity index (χ1v) is 8.61. The summed E-state index contributed by atoms with van der Waals surface area (Å²) >= 11 is 6.63. The zero-order valence-corrected chi connectivity index (χ0v) is 14.6. The maximum absolute atomic E-state index is 12.1. The van der Waals surface area contributed by atoms with Crippen molar-refractivity contribution in [2.24, 2.45) is 0 Å². The highest BCUT2D eigenvalue weighted by molar-refractivity contribution is 8.24. The van der Waals surface area contributed by atoms with Crippen LogP contribution >= 0.6 is 24.0 Å². The fourth-order valence-electron chi connectivity index (χ4n) is 2.27. The zero-order chi connectivity index (χ0) is 16.3. The molecule has 6 heteroatoms. The van der Waals surface area contributed by atoms with Crippen LogP contribution in [0.3, 0.4) is 0 Å². The molecule has 1 atom stereocenters. The summed E-state index contributed by atoms with van der Waals surface area (Å²) in [5.41, 5.74) is 3.02. The number of nitrogens with one attached hydrogen (secondary N) is 1. The molecule has 1 heterocycles. The van der Waals surface area contributed by atoms with Crippen molar-refractivity contribution < 1.29 is 9.59 Å². The highest BCUT2D eigenvalue weighted by Gasteiger charge is 2.35. The van der Waals surface area contributed by atoms with Crippen LogP contribution in [0.1, 0.15) is 30.9 Å². The molecule has 2 rings (SSSR count). The van der Waals surface area contributed by atoms with Gasteiger partial charge in [0.1, 0.15) is 4.32 Å². The number of hydrogen-bond donors (Lipinski definition) is 1. The topological polar surface area (TPSA) is 49.4 Å². The van der Waals surface area contributed by atoms with Crippen LogP contribution in [-0.4, -0.2) is 32.8 Å². The molecule has 118 valence electrons. The minimum absolute atomic E-state index is 0.0250. The van der Waals surface area contributed by atoms with Gasteiger partial charge in [0.2, 0.25) is 11.8 Å². The molecule has 0 radical (unpaired) electrons. The average Bonchev–Trinajstić information content (AvgIpc) is 2.76. The lowest BCUT2D eigenvalue weighted by atomic mass is 10.1. The molecule has 22 heavy (non-hydrogen) atoms. The van der Waals surface area contributed by atoms with E-state index in [1.807, 2.05) is 39.0 Å². The van der Waals surface area contributed by atoms with Crippen LogP contribution in [0.5, 0.6) is 0 Å². The van der Waals surface area contributed by atoms with Gasteiger partial charge in [-0.25, -0.2) is 0 Å². The first-order valence-electron chi connectivity index (χ1n) is 7.32. The maximum Gasteiger partial charge on any atom is 0.241 e. The summed E-state index contributed by atoms with van der Waals surface area (Å²) in [6.45, 7) is 6.30. The van der Waals surface area contributed by atoms with Crippen LogP contribution in [0.25, 0.3) is 0 Å². The number of nitrogens with zero attached hydrogens (tertiary/aromatic N) is 1. The van der Waals surface area contributed by atoms with Crippen LogP contribution in [0, 0.1) is 13.8 Å². The number of aryl methyl sites for hydroxylation is 1. The van der Waals surface area contributed by atoms with Gasteiger partial charge in [-0.3, -0.25) is 14.5 Å². The van der Waals surface area contributed by atoms with Gasteiger partial charge in [-0.1, -0.05) is 43.0 Å². The van der Waals surface area contributed by atoms with Crippen LogP contribution in [0.4, 0.5) is 5.69 Å². The first kappa shape index (κ1) is 17.0. The van der Waals surface area contributed by atoms with E-state index in [4.69, 9.17) is 12.2 Å². The van der Waals surface area contributed by atoms with E-state index in [0.717, 1.165) is 23.2 Å². The summed E-state index contributed by atoms with van der Waals surface area (Å²) < 4.78 is 0.580. The molecule has 2 amide bonds. The second-order valence-corrected chi connectivity index (χ2v) is 7.15. The van der Waals surface area contributed by atoms with E-state index >= 15 is 0 Å². The van der Waals surface area contributed by atoms with E-state index in [0.29, 0.717) is 10.9 Å². The molecule has 1 aromatic carbocycles. The van der Waals surface area contributed by atoms with E-state index in [2.05, 4.69) is 5.32 Å². The molecule has 0 spiro atoms. The SMILES string of the molecule is CCC1SC(=S)N(CCC(=O)Nc2cccc(C)c2C)C1=O. The van der Waals surface area contributed by atoms with Gasteiger partial charge in [0, 0.05) is 18.7 Å². The second kappa shape index (κ2) is 7.24. The number of thioether (sulfide) groups is 1. The Morgan fingerprint density at radius 2 is 2.14 bits per heavy atom. The standard InChI is InChI=1S/C16H20N2O2S2/c1-4-13-15(20)18(16(21)22-13)9-8-14(19)17-12-7-5-6-10(2)11(12)3/h5-7,13H,4,8-9H2,1-3H3,(H,17,19). The molecule has 0 saturated carbocycles. The number of carbonyl (C=O) groups excluding carboxylic acids is 2. The van der Waals surface area contributed by atoms with Gasteiger partial charge in [-0.15, -0.1) is 0 Å². The van der Waals surface area contributed by atoms with Crippen molar-refractivity contribution in [3.8, 4) is 0 Å². The molecule has 0 aliphatic carbocycles. The third-order valence-corrected chi connectivity index (χ3v) is 5.57. The normalized spacial score (nSPS) is 18.0. The van der Waals surface area contributed by atoms with Gasteiger partial charge in [0.25, 0.3) is 0 Å². The number of carbonyl (C=O) groups is 2. The predicted octanol–water partition coefficient (Wildman–Crippen LogP) is 3.27. The summed E-state index contributed by atoms with van der Waals surface area (Å²) in [6.07, 6.45) is 1.01. The second-order valence-electron chi connectivity index (χ2n) is 5.32. The molecule has 0 aromatic heterocycles. The molecular weight excluding hydrogens is 316 g/mol. The van der Waals surface area contributed by atoms with Crippen molar-refractivity contribution in [1.82, 2.24) is 4.90 Å². The van der Waals surface area contributed by atoms with Gasteiger partial charge in [0.15, 0.2) is 0 Å². The highest BCUT2D eigenvalue weighted by atomic mass is 32.2. The lowest BCUT2D eigenvalue weighted by molar-refractivity contribution is -0.126. The Bertz CT molecular complexity index is 616. The average molecular weight is 336 g/mol. The van der Waals surface area contributed by atoms with Crippen molar-refractivity contribution in [2.75, 3.05) is 11.9 Å². The highest BCUT2D eigenvalue weighted by Crippen LogP contribution is 2.29. The number of rotatable bonds is 5. The Morgan fingerprint density at radius 1 is 1.41 bits per heavy atom. The summed E-state index contributed by atoms with van der Waals surface area (Å²) in [7, 11) is 0. The maximum atomic E-state index is 12.1. The smallest absolute Gasteiger partial charge is 0.241 e. The third-order valence-electron chi connectivity index (χ3n) is 3.82. The van der Waals surface area contributed by atoms with Crippen molar-refractivity contribution in [3.05, 3.63) is 29.3 Å². The number of hydrogen-bond acceptors (Lipinski definition) is 4. The van der Waals surface area contributed by atoms with Crippen molar-refractivity contribution >= 4 is 45.8 Å². The molecule has 1 saturated heterocycles. The van der Waals surface area contributed by atoms with Gasteiger partial charge < -0.3 is 5.32 Å². The predicted molar refractivity (Wildman–Crippen MR) is 95.1 cm³/mol. The molecule has 4 nitrogen and oxygen atoms in total. The largest absolute Gasteiger partial charge is 0.326 e. The van der Waals surface area contributed by atoms with Crippen LogP contribution in [0.2, 0.25) is 0 Å². The molecule has 1 unspecified atom stereocenters. The van der Waals surface area contributed by atoms with Gasteiger partial charge in [-0.2, -0.15) is 0 Å². The molecule has 1 aromatic rings. The minimum atomic E-state index is -0.103. The van der Waals surface area contributed by atoms with Crippen LogP contribution in [0.15, 0.2) is 18.2 Å². The summed E-state index contributed by atoms with van der Waals surface area (Å²) in [4.78, 5) is 25.8. The van der Waals surface area contributed by atoms with E-state index < -0.39 is 0 Å². The lowest BCUT2D eigenvalue weighted by Gasteiger charge is -2.16. The minimum Gasteiger partial charge on any atom is -0.326 e. The Kier molecular flexibility index (Phi) is 5.58. The number of anilines is 1. The van der Waals surface area contributed by atoms with Gasteiger partial charge >= 0.3 is 0 Å². The van der Waals surface area contributed by atoms with Crippen LogP contribution in [-0.2, 0) is 9.59 Å². The van der Waals surface area contributed by atoms with E-state index in [1.54, 1.807) is 4.90 Å². The monoisotopic (exact) mass is 336 g/mol. The number of amides is 2. The Hall–Kier alpha value is -1.40. The van der Waals surface area contributed by atoms with Gasteiger partial charge in [-0.05, 0) is 37.5 Å². The van der Waals surface area contributed by atoms with Crippen LogP contribution < -0.4 is 5.32 Å². The molecule has 0 bridgehead atoms. The number of benzene rings is 1. The van der Waals surface area contributed by atoms with E-state index in [-0.39, 0.29) is 23.5 Å². The first-order chi connectivity index (χ1) is 10.4. The molecule has 1 fully saturated rings. The third kappa shape index (κ3) is 3.67. The summed E-state index contributed by atoms with van der Waals surface area (Å²) in [6, 6.07) is 5.81. The van der Waals surface area contributed by atoms with Crippen molar-refractivity contribution in [1.29, 1.82) is 0 Å². The molecule has 1 N–H and O–H groups in total. The van der Waals surface area contributed by atoms with E-state index in [9.17, 15) is 9.59 Å². The molecule has 1 aliphatic rings. The quantitative estimate of drug-likeness (QED) is 0.839. The molecular formula is C16H20N2O2S2. The Labute approximate surface area is 140 Å².